The summed E-state index contributed by atoms with van der Waals surface area (Å²) in [7, 11) is 0. The van der Waals surface area contributed by atoms with Crippen LogP contribution >= 0.6 is 11.8 Å². The minimum atomic E-state index is -0.258. The van der Waals surface area contributed by atoms with Crippen LogP contribution in [0.2, 0.25) is 0 Å². The Bertz CT molecular complexity index is 1150. The first-order valence-electron chi connectivity index (χ1n) is 10.2. The number of hydrogen-bond donors (Lipinski definition) is 2. The van der Waals surface area contributed by atoms with Crippen LogP contribution in [0.15, 0.2) is 52.1 Å². The third kappa shape index (κ3) is 4.81. The maximum absolute atomic E-state index is 12.4. The van der Waals surface area contributed by atoms with Crippen LogP contribution in [0.5, 0.6) is 0 Å². The monoisotopic (exact) mass is 423 g/mol. The summed E-state index contributed by atoms with van der Waals surface area (Å²) in [6.45, 7) is 2.65. The number of benzene rings is 1. The zero-order chi connectivity index (χ0) is 20.9. The lowest BCUT2D eigenvalue weighted by Crippen LogP contribution is -2.26. The van der Waals surface area contributed by atoms with Crippen molar-refractivity contribution in [3.8, 4) is 5.69 Å². The summed E-state index contributed by atoms with van der Waals surface area (Å²) in [5.74, 6) is 0.137. The van der Waals surface area contributed by atoms with Gasteiger partial charge in [-0.05, 0) is 56.7 Å². The van der Waals surface area contributed by atoms with Crippen LogP contribution < -0.4 is 10.9 Å². The van der Waals surface area contributed by atoms with Crippen molar-refractivity contribution >= 4 is 28.7 Å². The molecule has 2 aromatic heterocycles. The smallest absolute Gasteiger partial charge is 0.262 e. The first-order valence-corrected chi connectivity index (χ1v) is 11.2. The van der Waals surface area contributed by atoms with E-state index in [4.69, 9.17) is 0 Å². The average molecular weight is 424 g/mol. The molecule has 0 saturated carbocycles. The number of fused-ring (bicyclic) bond motifs is 1. The molecule has 0 fully saturated rings. The van der Waals surface area contributed by atoms with Gasteiger partial charge >= 0.3 is 0 Å². The highest BCUT2D eigenvalue weighted by atomic mass is 32.2. The minimum absolute atomic E-state index is 0.0636. The van der Waals surface area contributed by atoms with Crippen LogP contribution in [-0.4, -0.2) is 38.0 Å². The molecule has 4 rings (SSSR count). The highest BCUT2D eigenvalue weighted by molar-refractivity contribution is 7.99. The van der Waals surface area contributed by atoms with Crippen molar-refractivity contribution in [2.45, 2.75) is 44.2 Å². The van der Waals surface area contributed by atoms with Crippen molar-refractivity contribution in [2.75, 3.05) is 12.3 Å². The quantitative estimate of drug-likeness (QED) is 0.345. The number of amides is 1. The first kappa shape index (κ1) is 20.4. The topological polar surface area (TPSA) is 92.7 Å². The summed E-state index contributed by atoms with van der Waals surface area (Å²) >= 11 is 1.22. The van der Waals surface area contributed by atoms with Crippen molar-refractivity contribution < 1.29 is 4.79 Å². The van der Waals surface area contributed by atoms with Crippen LogP contribution in [-0.2, 0) is 4.79 Å². The summed E-state index contributed by atoms with van der Waals surface area (Å²) < 4.78 is 1.65. The van der Waals surface area contributed by atoms with Gasteiger partial charge < -0.3 is 10.3 Å². The van der Waals surface area contributed by atoms with Gasteiger partial charge in [-0.25, -0.2) is 9.67 Å². The van der Waals surface area contributed by atoms with E-state index in [1.54, 1.807) is 4.68 Å². The van der Waals surface area contributed by atoms with Gasteiger partial charge in [-0.15, -0.1) is 0 Å². The molecule has 0 atom stereocenters. The van der Waals surface area contributed by atoms with E-state index < -0.39 is 0 Å². The van der Waals surface area contributed by atoms with Crippen molar-refractivity contribution in [2.24, 2.45) is 0 Å². The van der Waals surface area contributed by atoms with Gasteiger partial charge in [0.15, 0.2) is 10.8 Å². The summed E-state index contributed by atoms with van der Waals surface area (Å²) in [6.07, 6.45) is 9.54. The second-order valence-electron chi connectivity index (χ2n) is 7.50. The Morgan fingerprint density at radius 2 is 2.23 bits per heavy atom. The van der Waals surface area contributed by atoms with Crippen molar-refractivity contribution in [1.29, 1.82) is 0 Å². The van der Waals surface area contributed by atoms with Gasteiger partial charge in [0, 0.05) is 6.54 Å². The third-order valence-corrected chi connectivity index (χ3v) is 6.03. The van der Waals surface area contributed by atoms with Crippen LogP contribution in [0.3, 0.4) is 0 Å². The Morgan fingerprint density at radius 1 is 1.33 bits per heavy atom. The van der Waals surface area contributed by atoms with Crippen molar-refractivity contribution in [3.63, 3.8) is 0 Å². The van der Waals surface area contributed by atoms with Crippen molar-refractivity contribution in [3.05, 3.63) is 58.0 Å². The van der Waals surface area contributed by atoms with E-state index in [9.17, 15) is 9.59 Å². The fourth-order valence-electron chi connectivity index (χ4n) is 3.59. The van der Waals surface area contributed by atoms with E-state index in [-0.39, 0.29) is 17.2 Å². The SMILES string of the molecule is Cc1cccc(-n2ncc3c(=O)[nH]c(SCC(=O)NCCC4=CCCCC4)nc32)c1. The van der Waals surface area contributed by atoms with E-state index >= 15 is 0 Å². The highest BCUT2D eigenvalue weighted by Crippen LogP contribution is 2.20. The molecule has 1 aliphatic rings. The third-order valence-electron chi connectivity index (χ3n) is 5.16. The van der Waals surface area contributed by atoms with Crippen LogP contribution in [0.25, 0.3) is 16.7 Å². The predicted molar refractivity (Wildman–Crippen MR) is 119 cm³/mol. The number of allylic oxidation sites excluding steroid dienone is 1. The fraction of sp³-hybridized carbons (Fsp3) is 0.364. The standard InChI is InChI=1S/C22H25N5O2S/c1-15-6-5-9-17(12-15)27-20-18(13-24-27)21(29)26-22(25-20)30-14-19(28)23-11-10-16-7-3-2-4-8-16/h5-7,9,12-13H,2-4,8,10-11,14H2,1H3,(H,23,28)(H,25,26,29). The van der Waals surface area contributed by atoms with Gasteiger partial charge in [-0.2, -0.15) is 5.10 Å². The lowest BCUT2D eigenvalue weighted by Gasteiger charge is -2.12. The average Bonchev–Trinajstić information content (AvgIpc) is 3.18. The highest BCUT2D eigenvalue weighted by Gasteiger charge is 2.13. The largest absolute Gasteiger partial charge is 0.355 e. The molecule has 1 amide bonds. The van der Waals surface area contributed by atoms with Crippen LogP contribution in [0.1, 0.15) is 37.7 Å². The molecule has 0 bridgehead atoms. The number of aromatic nitrogens is 4. The lowest BCUT2D eigenvalue weighted by atomic mass is 9.97. The number of H-pyrrole nitrogens is 1. The second kappa shape index (κ2) is 9.30. The number of rotatable bonds is 7. The van der Waals surface area contributed by atoms with Crippen LogP contribution in [0.4, 0.5) is 0 Å². The molecule has 0 radical (unpaired) electrons. The molecule has 8 heteroatoms. The Balaban J connectivity index is 1.41. The summed E-state index contributed by atoms with van der Waals surface area (Å²) in [5, 5.41) is 8.11. The van der Waals surface area contributed by atoms with Crippen LogP contribution in [0, 0.1) is 6.92 Å². The maximum Gasteiger partial charge on any atom is 0.262 e. The molecule has 0 unspecified atom stereocenters. The second-order valence-corrected chi connectivity index (χ2v) is 8.46. The molecule has 1 aliphatic carbocycles. The number of aromatic amines is 1. The molecule has 3 aromatic rings. The number of nitrogens with one attached hydrogen (secondary N) is 2. The van der Waals surface area contributed by atoms with E-state index in [1.807, 2.05) is 31.2 Å². The molecule has 0 spiro atoms. The number of aryl methyl sites for hydroxylation is 1. The van der Waals surface area contributed by atoms with Gasteiger partial charge in [0.2, 0.25) is 5.91 Å². The van der Waals surface area contributed by atoms with E-state index in [1.165, 1.54) is 36.4 Å². The molecule has 2 N–H and O–H groups in total. The molecule has 0 saturated heterocycles. The molecule has 0 aliphatic heterocycles. The molecule has 1 aromatic carbocycles. The van der Waals surface area contributed by atoms with Gasteiger partial charge in [-0.3, -0.25) is 9.59 Å². The molecule has 2 heterocycles. The van der Waals surface area contributed by atoms with Gasteiger partial charge in [0.25, 0.3) is 5.56 Å². The first-order chi connectivity index (χ1) is 14.6. The number of carbonyl (C=O) groups excluding carboxylic acids is 1. The van der Waals surface area contributed by atoms with Gasteiger partial charge in [0.1, 0.15) is 5.39 Å². The normalized spacial score (nSPS) is 14.0. The number of nitrogens with zero attached hydrogens (tertiary/aromatic N) is 3. The minimum Gasteiger partial charge on any atom is -0.355 e. The van der Waals surface area contributed by atoms with Gasteiger partial charge in [0.05, 0.1) is 17.6 Å². The predicted octanol–water partition coefficient (Wildman–Crippen LogP) is 3.52. The van der Waals surface area contributed by atoms with Gasteiger partial charge in [-0.1, -0.05) is 35.5 Å². The van der Waals surface area contributed by atoms with E-state index in [0.717, 1.165) is 30.5 Å². The summed E-state index contributed by atoms with van der Waals surface area (Å²) in [6, 6.07) is 7.84. The summed E-state index contributed by atoms with van der Waals surface area (Å²) in [5.41, 5.74) is 3.60. The molecular weight excluding hydrogens is 398 g/mol. The molecular formula is C22H25N5O2S. The van der Waals surface area contributed by atoms with Crippen molar-refractivity contribution in [1.82, 2.24) is 25.1 Å². The maximum atomic E-state index is 12.4. The Hall–Kier alpha value is -2.87. The molecule has 30 heavy (non-hydrogen) atoms. The zero-order valence-corrected chi connectivity index (χ0v) is 17.8. The zero-order valence-electron chi connectivity index (χ0n) is 17.0. The molecule has 156 valence electrons. The Morgan fingerprint density at radius 3 is 3.03 bits per heavy atom. The fourth-order valence-corrected chi connectivity index (χ4v) is 4.28. The number of thioether (sulfide) groups is 1. The lowest BCUT2D eigenvalue weighted by molar-refractivity contribution is -0.118. The number of hydrogen-bond acceptors (Lipinski definition) is 5. The van der Waals surface area contributed by atoms with E-state index in [0.29, 0.717) is 22.7 Å². The Labute approximate surface area is 179 Å². The van der Waals surface area contributed by atoms with E-state index in [2.05, 4.69) is 26.5 Å². The Kier molecular flexibility index (Phi) is 6.32. The molecule has 7 nitrogen and oxygen atoms in total. The number of carbonyl (C=O) groups is 1. The summed E-state index contributed by atoms with van der Waals surface area (Å²) in [4.78, 5) is 31.9.